The fraction of sp³-hybridized carbons (Fsp3) is 0.542. The average Bonchev–Trinajstić information content (AvgIpc) is 2.75. The van der Waals surface area contributed by atoms with Crippen molar-refractivity contribution in [3.63, 3.8) is 0 Å². The second-order valence-electron chi connectivity index (χ2n) is 9.32. The number of aromatic nitrogens is 1. The Morgan fingerprint density at radius 2 is 1.74 bits per heavy atom. The third-order valence-electron chi connectivity index (χ3n) is 5.89. The van der Waals surface area contributed by atoms with Crippen molar-refractivity contribution in [2.24, 2.45) is 0 Å². The first kappa shape index (κ1) is 26.4. The van der Waals surface area contributed by atoms with E-state index in [0.717, 1.165) is 34.6 Å². The highest BCUT2D eigenvalue weighted by molar-refractivity contribution is 9.12. The van der Waals surface area contributed by atoms with E-state index in [0.29, 0.717) is 18.5 Å². The van der Waals surface area contributed by atoms with E-state index in [2.05, 4.69) is 83.7 Å². The number of halogens is 2. The summed E-state index contributed by atoms with van der Waals surface area (Å²) in [5.41, 5.74) is 3.14. The van der Waals surface area contributed by atoms with Gasteiger partial charge in [-0.2, -0.15) is 0 Å². The molecule has 7 heteroatoms. The number of benzene rings is 1. The first-order valence-corrected chi connectivity index (χ1v) is 15.5. The largest absolute Gasteiger partial charge is 0.493 e. The minimum absolute atomic E-state index is 0.158. The molecule has 0 spiro atoms. The van der Waals surface area contributed by atoms with Gasteiger partial charge in [0, 0.05) is 23.3 Å². The highest BCUT2D eigenvalue weighted by Crippen LogP contribution is 2.41. The maximum atomic E-state index is 6.54. The zero-order chi connectivity index (χ0) is 23.3. The van der Waals surface area contributed by atoms with Crippen LogP contribution in [0.25, 0.3) is 11.1 Å². The molecule has 0 saturated carbocycles. The van der Waals surface area contributed by atoms with E-state index in [9.17, 15) is 0 Å². The molecule has 0 fully saturated rings. The standard InChI is InChI=1S/C24H35Br2NO3Si/c1-8-11-29-22-13-18(9-10-21(22)28-5)19-12-20(15-27-14-19)24(26,16-25)17-30-31(6,7)23(2,3)4/h9-10,12-15H,8,11,16-17H2,1-7H3. The minimum Gasteiger partial charge on any atom is -0.493 e. The highest BCUT2D eigenvalue weighted by atomic mass is 79.9. The van der Waals surface area contributed by atoms with E-state index < -0.39 is 8.32 Å². The van der Waals surface area contributed by atoms with Gasteiger partial charge in [-0.05, 0) is 53.9 Å². The summed E-state index contributed by atoms with van der Waals surface area (Å²) >= 11 is 7.65. The Labute approximate surface area is 205 Å². The Morgan fingerprint density at radius 1 is 1.03 bits per heavy atom. The van der Waals surface area contributed by atoms with E-state index in [4.69, 9.17) is 13.9 Å². The van der Waals surface area contributed by atoms with Crippen LogP contribution in [0, 0.1) is 0 Å². The molecule has 1 unspecified atom stereocenters. The van der Waals surface area contributed by atoms with Gasteiger partial charge in [0.05, 0.1) is 24.6 Å². The molecule has 0 aliphatic carbocycles. The number of ether oxygens (including phenoxy) is 2. The smallest absolute Gasteiger partial charge is 0.192 e. The lowest BCUT2D eigenvalue weighted by atomic mass is 9.99. The molecular weight excluding hydrogens is 538 g/mol. The molecule has 2 rings (SSSR count). The van der Waals surface area contributed by atoms with Gasteiger partial charge in [-0.15, -0.1) is 0 Å². The number of pyridine rings is 1. The van der Waals surface area contributed by atoms with Crippen LogP contribution in [-0.2, 0) is 8.75 Å². The van der Waals surface area contributed by atoms with Crippen LogP contribution in [0.4, 0.5) is 0 Å². The molecule has 0 aliphatic heterocycles. The van der Waals surface area contributed by atoms with Crippen LogP contribution in [-0.4, -0.2) is 39.0 Å². The first-order valence-electron chi connectivity index (χ1n) is 10.6. The first-order chi connectivity index (χ1) is 14.5. The minimum atomic E-state index is -1.87. The molecule has 2 aromatic rings. The number of alkyl halides is 2. The third kappa shape index (κ3) is 6.56. The van der Waals surface area contributed by atoms with Crippen LogP contribution >= 0.6 is 31.9 Å². The van der Waals surface area contributed by atoms with E-state index in [1.54, 1.807) is 7.11 Å². The van der Waals surface area contributed by atoms with Gasteiger partial charge in [-0.25, -0.2) is 0 Å². The van der Waals surface area contributed by atoms with Crippen molar-refractivity contribution in [2.45, 2.75) is 56.6 Å². The molecule has 0 bridgehead atoms. The van der Waals surface area contributed by atoms with Gasteiger partial charge in [-0.1, -0.05) is 65.6 Å². The third-order valence-corrected chi connectivity index (χ3v) is 13.0. The van der Waals surface area contributed by atoms with Crippen molar-refractivity contribution in [2.75, 3.05) is 25.7 Å². The van der Waals surface area contributed by atoms with Crippen molar-refractivity contribution >= 4 is 40.2 Å². The maximum absolute atomic E-state index is 6.54. The van der Waals surface area contributed by atoms with Crippen molar-refractivity contribution in [1.82, 2.24) is 4.98 Å². The predicted molar refractivity (Wildman–Crippen MR) is 140 cm³/mol. The summed E-state index contributed by atoms with van der Waals surface area (Å²) in [6, 6.07) is 8.17. The monoisotopic (exact) mass is 571 g/mol. The second kappa shape index (κ2) is 10.8. The molecule has 1 heterocycles. The number of methoxy groups -OCH3 is 1. The topological polar surface area (TPSA) is 40.6 Å². The van der Waals surface area contributed by atoms with Crippen LogP contribution in [0.3, 0.4) is 0 Å². The van der Waals surface area contributed by atoms with Gasteiger partial charge in [0.1, 0.15) is 0 Å². The van der Waals surface area contributed by atoms with Crippen molar-refractivity contribution in [3.8, 4) is 22.6 Å². The summed E-state index contributed by atoms with van der Waals surface area (Å²) in [6.45, 7) is 14.6. The maximum Gasteiger partial charge on any atom is 0.192 e. The van der Waals surface area contributed by atoms with Crippen LogP contribution < -0.4 is 9.47 Å². The van der Waals surface area contributed by atoms with E-state index >= 15 is 0 Å². The Hall–Kier alpha value is -0.893. The highest BCUT2D eigenvalue weighted by Gasteiger charge is 2.40. The van der Waals surface area contributed by atoms with Gasteiger partial charge in [0.15, 0.2) is 19.8 Å². The van der Waals surface area contributed by atoms with Crippen molar-refractivity contribution in [3.05, 3.63) is 42.2 Å². The number of hydrogen-bond acceptors (Lipinski definition) is 4. The number of rotatable bonds is 10. The predicted octanol–water partition coefficient (Wildman–Crippen LogP) is 7.55. The Bertz CT molecular complexity index is 870. The fourth-order valence-electron chi connectivity index (χ4n) is 2.73. The van der Waals surface area contributed by atoms with Crippen LogP contribution in [0.2, 0.25) is 18.1 Å². The molecule has 0 aliphatic rings. The molecule has 1 atom stereocenters. The van der Waals surface area contributed by atoms with E-state index in [1.165, 1.54) is 0 Å². The molecule has 172 valence electrons. The molecule has 31 heavy (non-hydrogen) atoms. The molecule has 0 radical (unpaired) electrons. The molecule has 1 aromatic carbocycles. The Morgan fingerprint density at radius 3 is 2.32 bits per heavy atom. The lowest BCUT2D eigenvalue weighted by molar-refractivity contribution is 0.261. The summed E-state index contributed by atoms with van der Waals surface area (Å²) < 4.78 is 17.5. The van der Waals surface area contributed by atoms with Crippen LogP contribution in [0.15, 0.2) is 36.7 Å². The second-order valence-corrected chi connectivity index (χ2v) is 16.2. The SMILES string of the molecule is CCCOc1cc(-c2cncc(C(Br)(CBr)CO[Si](C)(C)C(C)(C)C)c2)ccc1OC. The van der Waals surface area contributed by atoms with Gasteiger partial charge in [-0.3, -0.25) is 4.98 Å². The Kier molecular flexibility index (Phi) is 9.20. The lowest BCUT2D eigenvalue weighted by Gasteiger charge is -2.39. The van der Waals surface area contributed by atoms with Crippen LogP contribution in [0.1, 0.15) is 39.7 Å². The summed E-state index contributed by atoms with van der Waals surface area (Å²) in [4.78, 5) is 4.54. The molecule has 0 amide bonds. The lowest BCUT2D eigenvalue weighted by Crippen LogP contribution is -2.44. The van der Waals surface area contributed by atoms with Crippen molar-refractivity contribution in [1.29, 1.82) is 0 Å². The normalized spacial score (nSPS) is 14.2. The molecule has 4 nitrogen and oxygen atoms in total. The summed E-state index contributed by atoms with van der Waals surface area (Å²) in [7, 11) is -0.214. The van der Waals surface area contributed by atoms with E-state index in [1.807, 2.05) is 30.6 Å². The zero-order valence-corrected chi connectivity index (χ0v) is 23.9. The van der Waals surface area contributed by atoms with Gasteiger partial charge >= 0.3 is 0 Å². The molecular formula is C24H35Br2NO3Si. The number of nitrogens with zero attached hydrogens (tertiary/aromatic N) is 1. The van der Waals surface area contributed by atoms with Gasteiger partial charge in [0.25, 0.3) is 0 Å². The number of hydrogen-bond donors (Lipinski definition) is 0. The van der Waals surface area contributed by atoms with Gasteiger partial charge in [0.2, 0.25) is 0 Å². The summed E-state index contributed by atoms with van der Waals surface area (Å²) in [5, 5.41) is 0.874. The fourth-order valence-corrected chi connectivity index (χ4v) is 4.80. The van der Waals surface area contributed by atoms with Crippen molar-refractivity contribution < 1.29 is 13.9 Å². The summed E-state index contributed by atoms with van der Waals surface area (Å²) in [6.07, 6.45) is 4.73. The molecule has 0 N–H and O–H groups in total. The van der Waals surface area contributed by atoms with Gasteiger partial charge < -0.3 is 13.9 Å². The molecule has 1 aromatic heterocycles. The zero-order valence-electron chi connectivity index (χ0n) is 19.7. The molecule has 0 saturated heterocycles. The van der Waals surface area contributed by atoms with E-state index in [-0.39, 0.29) is 9.36 Å². The Balaban J connectivity index is 2.35. The quantitative estimate of drug-likeness (QED) is 0.217. The van der Waals surface area contributed by atoms with Crippen LogP contribution in [0.5, 0.6) is 11.5 Å². The average molecular weight is 573 g/mol. The summed E-state index contributed by atoms with van der Waals surface area (Å²) in [5.74, 6) is 1.48.